The highest BCUT2D eigenvalue weighted by Crippen LogP contribution is 2.48. The molecule has 0 fully saturated rings. The van der Waals surface area contributed by atoms with Gasteiger partial charge >= 0.3 is 0 Å². The van der Waals surface area contributed by atoms with E-state index in [9.17, 15) is 13.0 Å². The molecular formula is C52H52N6O3S. The number of nitrogens with zero attached hydrogens (tertiary/aromatic N) is 6. The van der Waals surface area contributed by atoms with Crippen LogP contribution in [0.15, 0.2) is 180 Å². The molecule has 0 aliphatic carbocycles. The summed E-state index contributed by atoms with van der Waals surface area (Å²) in [6.45, 7) is 4.77. The third-order valence-electron chi connectivity index (χ3n) is 11.2. The van der Waals surface area contributed by atoms with Crippen molar-refractivity contribution in [3.8, 4) is 33.9 Å². The van der Waals surface area contributed by atoms with Gasteiger partial charge in [0.25, 0.3) is 15.9 Å². The third-order valence-corrected chi connectivity index (χ3v) is 12.0. The second-order valence-electron chi connectivity index (χ2n) is 15.9. The van der Waals surface area contributed by atoms with Crippen molar-refractivity contribution in [1.29, 1.82) is 0 Å². The molecule has 7 aromatic rings. The number of aromatic nitrogens is 2. The lowest BCUT2D eigenvalue weighted by Crippen LogP contribution is -2.34. The molecule has 6 aromatic carbocycles. The number of hydrogen-bond acceptors (Lipinski definition) is 7. The lowest BCUT2D eigenvalue weighted by atomic mass is 9.97. The fourth-order valence-corrected chi connectivity index (χ4v) is 8.94. The molecule has 0 spiro atoms. The molecule has 0 atom stereocenters. The molecule has 9 nitrogen and oxygen atoms in total. The maximum Gasteiger partial charge on any atom is 0.264 e. The predicted octanol–water partition coefficient (Wildman–Crippen LogP) is 10.1. The number of rotatable bonds is 17. The van der Waals surface area contributed by atoms with E-state index in [2.05, 4.69) is 125 Å². The molecule has 1 aliphatic heterocycles. The van der Waals surface area contributed by atoms with Crippen LogP contribution in [0.4, 0.5) is 0 Å². The zero-order chi connectivity index (χ0) is 43.1. The van der Waals surface area contributed by atoms with E-state index in [4.69, 9.17) is 15.0 Å². The van der Waals surface area contributed by atoms with Crippen LogP contribution in [0.3, 0.4) is 0 Å². The van der Waals surface area contributed by atoms with Crippen LogP contribution in [0.25, 0.3) is 33.9 Å². The van der Waals surface area contributed by atoms with E-state index in [0.29, 0.717) is 31.9 Å². The Kier molecular flexibility index (Phi) is 12.8. The SMILES string of the molecule is CCCN(C)Cc1ccccc1C1(n2c(-c3ccccc3CN(C)CCCS(=O)(=O)O)nc(-c3ccccc3)c2-c2ccccc2)N=C(c2ccccc2)C(c2ccccc2)=N1. The first kappa shape index (κ1) is 42.4. The monoisotopic (exact) mass is 840 g/mol. The molecule has 1 N–H and O–H groups in total. The maximum atomic E-state index is 11.6. The van der Waals surface area contributed by atoms with Gasteiger partial charge in [-0.1, -0.05) is 177 Å². The lowest BCUT2D eigenvalue weighted by molar-refractivity contribution is 0.319. The Morgan fingerprint density at radius 1 is 0.581 bits per heavy atom. The van der Waals surface area contributed by atoms with Crippen molar-refractivity contribution in [2.45, 2.75) is 38.6 Å². The van der Waals surface area contributed by atoms with Crippen LogP contribution in [-0.2, 0) is 29.0 Å². The summed E-state index contributed by atoms with van der Waals surface area (Å²) in [5.41, 5.74) is 11.0. The third kappa shape index (κ3) is 9.15. The van der Waals surface area contributed by atoms with Gasteiger partial charge in [0.15, 0.2) is 0 Å². The molecule has 0 unspecified atom stereocenters. The average Bonchev–Trinajstić information content (AvgIpc) is 3.89. The van der Waals surface area contributed by atoms with Crippen molar-refractivity contribution in [2.24, 2.45) is 9.98 Å². The van der Waals surface area contributed by atoms with Crippen LogP contribution >= 0.6 is 0 Å². The molecule has 0 amide bonds. The summed E-state index contributed by atoms with van der Waals surface area (Å²) in [6.07, 6.45) is 1.31. The summed E-state index contributed by atoms with van der Waals surface area (Å²) in [4.78, 5) is 22.1. The minimum atomic E-state index is -4.08. The molecule has 0 saturated heterocycles. The highest BCUT2D eigenvalue weighted by molar-refractivity contribution is 7.85. The first-order valence-corrected chi connectivity index (χ1v) is 22.8. The van der Waals surface area contributed by atoms with Crippen molar-refractivity contribution in [2.75, 3.05) is 32.9 Å². The van der Waals surface area contributed by atoms with Gasteiger partial charge in [-0.25, -0.2) is 15.0 Å². The second kappa shape index (κ2) is 18.8. The van der Waals surface area contributed by atoms with E-state index in [1.165, 1.54) is 0 Å². The van der Waals surface area contributed by atoms with Gasteiger partial charge in [-0.3, -0.25) is 9.12 Å². The minimum Gasteiger partial charge on any atom is -0.302 e. The largest absolute Gasteiger partial charge is 0.302 e. The van der Waals surface area contributed by atoms with E-state index < -0.39 is 15.9 Å². The molecule has 314 valence electrons. The van der Waals surface area contributed by atoms with Crippen LogP contribution < -0.4 is 0 Å². The summed E-state index contributed by atoms with van der Waals surface area (Å²) in [6, 6.07) is 58.2. The molecule has 8 rings (SSSR count). The summed E-state index contributed by atoms with van der Waals surface area (Å²) in [5, 5.41) is 0. The lowest BCUT2D eigenvalue weighted by Gasteiger charge is -2.32. The molecule has 0 bridgehead atoms. The molecule has 1 aromatic heterocycles. The van der Waals surface area contributed by atoms with Gasteiger partial charge in [0.05, 0.1) is 28.6 Å². The van der Waals surface area contributed by atoms with Crippen molar-refractivity contribution >= 4 is 21.5 Å². The van der Waals surface area contributed by atoms with Crippen LogP contribution in [0, 0.1) is 0 Å². The smallest absolute Gasteiger partial charge is 0.264 e. The molecular weight excluding hydrogens is 789 g/mol. The Labute approximate surface area is 365 Å². The topological polar surface area (TPSA) is 103 Å². The van der Waals surface area contributed by atoms with Crippen molar-refractivity contribution in [3.63, 3.8) is 0 Å². The standard InChI is InChI=1S/C52H52N6O3S/c1-4-34-56(2)38-44-31-18-20-33-46(44)52(54-47(39-22-9-5-10-23-39)48(55-52)40-24-11-6-12-25-40)58-50(42-28-15-8-16-29-42)49(41-26-13-7-14-27-41)53-51(58)45-32-19-17-30-43(45)37-57(3)35-21-36-62(59,60)61/h5-20,22-33H,4,21,34-38H2,1-3H3,(H,59,60,61). The van der Waals surface area contributed by atoms with Gasteiger partial charge in [-0.2, -0.15) is 8.42 Å². The highest BCUT2D eigenvalue weighted by Gasteiger charge is 2.46. The molecule has 0 radical (unpaired) electrons. The Bertz CT molecular complexity index is 2730. The zero-order valence-corrected chi connectivity index (χ0v) is 36.3. The van der Waals surface area contributed by atoms with Gasteiger partial charge in [0.1, 0.15) is 5.82 Å². The number of hydrogen-bond donors (Lipinski definition) is 1. The summed E-state index contributed by atoms with van der Waals surface area (Å²) in [5.74, 6) is -1.01. The van der Waals surface area contributed by atoms with Crippen molar-refractivity contribution in [3.05, 3.63) is 198 Å². The van der Waals surface area contributed by atoms with Crippen LogP contribution in [0.2, 0.25) is 0 Å². The summed E-state index contributed by atoms with van der Waals surface area (Å²) in [7, 11) is 0.0459. The van der Waals surface area contributed by atoms with E-state index >= 15 is 0 Å². The summed E-state index contributed by atoms with van der Waals surface area (Å²) >= 11 is 0. The van der Waals surface area contributed by atoms with E-state index in [1.807, 2.05) is 79.8 Å². The van der Waals surface area contributed by atoms with Gasteiger partial charge in [-0.15, -0.1) is 0 Å². The average molecular weight is 841 g/mol. The van der Waals surface area contributed by atoms with Crippen molar-refractivity contribution < 1.29 is 13.0 Å². The van der Waals surface area contributed by atoms with E-state index in [0.717, 1.165) is 80.3 Å². The Morgan fingerprint density at radius 3 is 1.61 bits per heavy atom. The fraction of sp³-hybridized carbons (Fsp3) is 0.212. The van der Waals surface area contributed by atoms with Crippen LogP contribution in [0.1, 0.15) is 47.6 Å². The molecule has 1 aliphatic rings. The first-order valence-electron chi connectivity index (χ1n) is 21.2. The molecule has 10 heteroatoms. The summed E-state index contributed by atoms with van der Waals surface area (Å²) < 4.78 is 35.0. The Balaban J connectivity index is 1.50. The van der Waals surface area contributed by atoms with Crippen molar-refractivity contribution in [1.82, 2.24) is 19.4 Å². The van der Waals surface area contributed by atoms with Crippen LogP contribution in [0.5, 0.6) is 0 Å². The Hall–Kier alpha value is -6.30. The Morgan fingerprint density at radius 2 is 1.05 bits per heavy atom. The first-order chi connectivity index (χ1) is 30.1. The quantitative estimate of drug-likeness (QED) is 0.0917. The number of aliphatic imine (C=N–C) groups is 2. The van der Waals surface area contributed by atoms with E-state index in [-0.39, 0.29) is 5.75 Å². The molecule has 0 saturated carbocycles. The van der Waals surface area contributed by atoms with Gasteiger partial charge in [0, 0.05) is 46.5 Å². The van der Waals surface area contributed by atoms with Crippen LogP contribution in [-0.4, -0.2) is 76.7 Å². The van der Waals surface area contributed by atoms with Gasteiger partial charge < -0.3 is 9.80 Å². The van der Waals surface area contributed by atoms with Gasteiger partial charge in [-0.05, 0) is 51.2 Å². The van der Waals surface area contributed by atoms with Gasteiger partial charge in [0.2, 0.25) is 0 Å². The zero-order valence-electron chi connectivity index (χ0n) is 35.5. The second-order valence-corrected chi connectivity index (χ2v) is 17.5. The molecule has 2 heterocycles. The highest BCUT2D eigenvalue weighted by atomic mass is 32.2. The number of benzene rings is 6. The minimum absolute atomic E-state index is 0.294. The predicted molar refractivity (Wildman–Crippen MR) is 252 cm³/mol. The maximum absolute atomic E-state index is 11.6. The van der Waals surface area contributed by atoms with E-state index in [1.54, 1.807) is 0 Å². The fourth-order valence-electron chi connectivity index (χ4n) is 8.44. The normalized spacial score (nSPS) is 13.7. The molecule has 62 heavy (non-hydrogen) atoms. The number of imidazole rings is 1.